The fourth-order valence-corrected chi connectivity index (χ4v) is 4.24. The van der Waals surface area contributed by atoms with E-state index >= 15 is 0 Å². The summed E-state index contributed by atoms with van der Waals surface area (Å²) in [4.78, 5) is 27.8. The molecule has 0 spiro atoms. The lowest BCUT2D eigenvalue weighted by atomic mass is 9.89. The number of rotatable bonds is 3. The lowest BCUT2D eigenvalue weighted by Gasteiger charge is -2.16. The Hall–Kier alpha value is -2.54. The normalized spacial score (nSPS) is 21.6. The summed E-state index contributed by atoms with van der Waals surface area (Å²) in [5.74, 6) is -0.605. The summed E-state index contributed by atoms with van der Waals surface area (Å²) < 4.78 is 10.7. The molecule has 130 valence electrons. The number of ether oxygens (including phenoxy) is 2. The number of hydrogen-bond donors (Lipinski definition) is 1. The topological polar surface area (TPSA) is 76.1 Å². The lowest BCUT2D eigenvalue weighted by molar-refractivity contribution is -0.141. The van der Waals surface area contributed by atoms with Crippen molar-refractivity contribution in [2.75, 3.05) is 19.9 Å². The molecular weight excluding hydrogens is 342 g/mol. The number of nitrogens with zero attached hydrogens (tertiary/aromatic N) is 1. The highest BCUT2D eigenvalue weighted by atomic mass is 32.1. The molecular formula is C18H17NO5S. The van der Waals surface area contributed by atoms with Gasteiger partial charge in [0.2, 0.25) is 6.79 Å². The van der Waals surface area contributed by atoms with Gasteiger partial charge in [-0.2, -0.15) is 0 Å². The molecule has 2 aromatic rings. The Bertz CT molecular complexity index is 846. The molecule has 2 atom stereocenters. The van der Waals surface area contributed by atoms with Crippen LogP contribution in [0.1, 0.15) is 26.0 Å². The maximum absolute atomic E-state index is 12.7. The molecule has 2 aliphatic heterocycles. The number of aliphatic carboxylic acids is 1. The molecule has 25 heavy (non-hydrogen) atoms. The molecule has 0 aliphatic carbocycles. The van der Waals surface area contributed by atoms with Gasteiger partial charge in [-0.25, -0.2) is 0 Å². The van der Waals surface area contributed by atoms with Crippen LogP contribution in [0.4, 0.5) is 0 Å². The van der Waals surface area contributed by atoms with Crippen LogP contribution in [-0.2, 0) is 4.79 Å². The summed E-state index contributed by atoms with van der Waals surface area (Å²) in [6, 6.07) is 9.18. The summed E-state index contributed by atoms with van der Waals surface area (Å²) in [5.41, 5.74) is 0.856. The number of fused-ring (bicyclic) bond motifs is 1. The van der Waals surface area contributed by atoms with Gasteiger partial charge in [-0.15, -0.1) is 11.3 Å². The summed E-state index contributed by atoms with van der Waals surface area (Å²) in [6.45, 7) is 2.71. The molecule has 0 unspecified atom stereocenters. The lowest BCUT2D eigenvalue weighted by Crippen LogP contribution is -2.29. The summed E-state index contributed by atoms with van der Waals surface area (Å²) in [7, 11) is 0. The van der Waals surface area contributed by atoms with Gasteiger partial charge >= 0.3 is 5.97 Å². The number of carbonyl (C=O) groups excluding carboxylic acids is 1. The van der Waals surface area contributed by atoms with Crippen molar-refractivity contribution >= 4 is 23.2 Å². The second kappa shape index (κ2) is 6.07. The van der Waals surface area contributed by atoms with Crippen molar-refractivity contribution in [2.45, 2.75) is 12.8 Å². The number of carboxylic acid groups (broad SMARTS) is 1. The predicted octanol–water partition coefficient (Wildman–Crippen LogP) is 2.73. The van der Waals surface area contributed by atoms with Crippen LogP contribution < -0.4 is 9.47 Å². The minimum atomic E-state index is -0.889. The molecule has 4 rings (SSSR count). The minimum absolute atomic E-state index is 0.104. The Morgan fingerprint density at radius 3 is 2.68 bits per heavy atom. The molecule has 7 heteroatoms. The Labute approximate surface area is 148 Å². The zero-order chi connectivity index (χ0) is 17.6. The number of hydrogen-bond acceptors (Lipinski definition) is 5. The van der Waals surface area contributed by atoms with Crippen LogP contribution in [0, 0.1) is 12.8 Å². The number of thiophene rings is 1. The standard InChI is InChI=1S/C18H17NO5S/c1-10-2-5-16(25-10)17(20)19-7-12(13(8-19)18(21)22)11-3-4-14-15(6-11)24-9-23-14/h2-6,12-13H,7-9H2,1H3,(H,21,22)/t12-,13+/m0/s1. The van der Waals surface area contributed by atoms with Crippen molar-refractivity contribution in [3.05, 3.63) is 45.6 Å². The molecule has 6 nitrogen and oxygen atoms in total. The van der Waals surface area contributed by atoms with Gasteiger partial charge in [-0.05, 0) is 36.8 Å². The van der Waals surface area contributed by atoms with E-state index in [1.165, 1.54) is 11.3 Å². The monoisotopic (exact) mass is 359 g/mol. The van der Waals surface area contributed by atoms with E-state index in [-0.39, 0.29) is 25.2 Å². The van der Waals surface area contributed by atoms with E-state index in [0.717, 1.165) is 10.4 Å². The smallest absolute Gasteiger partial charge is 0.308 e. The number of benzene rings is 1. The fraction of sp³-hybridized carbons (Fsp3) is 0.333. The molecule has 1 N–H and O–H groups in total. The SMILES string of the molecule is Cc1ccc(C(=O)N2C[C@@H](C(=O)O)[C@H](c3ccc4c(c3)OCO4)C2)s1. The molecule has 1 amide bonds. The van der Waals surface area contributed by atoms with Crippen molar-refractivity contribution < 1.29 is 24.2 Å². The van der Waals surface area contributed by atoms with Gasteiger partial charge in [0, 0.05) is 23.9 Å². The summed E-state index contributed by atoms with van der Waals surface area (Å²) >= 11 is 1.43. The van der Waals surface area contributed by atoms with Gasteiger partial charge in [-0.1, -0.05) is 6.07 Å². The van der Waals surface area contributed by atoms with E-state index < -0.39 is 11.9 Å². The van der Waals surface area contributed by atoms with Crippen LogP contribution in [0.3, 0.4) is 0 Å². The van der Waals surface area contributed by atoms with E-state index in [1.807, 2.05) is 25.1 Å². The van der Waals surface area contributed by atoms with Crippen molar-refractivity contribution in [1.82, 2.24) is 4.90 Å². The molecule has 3 heterocycles. The Balaban J connectivity index is 1.61. The molecule has 0 bridgehead atoms. The minimum Gasteiger partial charge on any atom is -0.481 e. The first-order valence-corrected chi connectivity index (χ1v) is 8.82. The number of carboxylic acids is 1. The van der Waals surface area contributed by atoms with Crippen molar-refractivity contribution in [2.24, 2.45) is 5.92 Å². The van der Waals surface area contributed by atoms with Gasteiger partial charge in [-0.3, -0.25) is 9.59 Å². The third kappa shape index (κ3) is 2.84. The first-order valence-electron chi connectivity index (χ1n) is 8.01. The highest BCUT2D eigenvalue weighted by Gasteiger charge is 2.41. The quantitative estimate of drug-likeness (QED) is 0.912. The van der Waals surface area contributed by atoms with Crippen LogP contribution >= 0.6 is 11.3 Å². The van der Waals surface area contributed by atoms with Gasteiger partial charge < -0.3 is 19.5 Å². The molecule has 0 saturated carbocycles. The average Bonchev–Trinajstić information content (AvgIpc) is 3.32. The first kappa shape index (κ1) is 16.0. The largest absolute Gasteiger partial charge is 0.481 e. The van der Waals surface area contributed by atoms with Crippen molar-refractivity contribution in [3.63, 3.8) is 0 Å². The molecule has 2 aliphatic rings. The van der Waals surface area contributed by atoms with Gasteiger partial charge in [0.15, 0.2) is 11.5 Å². The maximum Gasteiger partial charge on any atom is 0.308 e. The summed E-state index contributed by atoms with van der Waals surface area (Å²) in [5, 5.41) is 9.62. The molecule has 1 aromatic carbocycles. The van der Waals surface area contributed by atoms with E-state index in [2.05, 4.69) is 0 Å². The van der Waals surface area contributed by atoms with Crippen LogP contribution in [0.15, 0.2) is 30.3 Å². The van der Waals surface area contributed by atoms with Crippen LogP contribution in [0.5, 0.6) is 11.5 Å². The zero-order valence-electron chi connectivity index (χ0n) is 13.6. The number of carbonyl (C=O) groups is 2. The number of amides is 1. The third-order valence-corrected chi connectivity index (χ3v) is 5.69. The second-order valence-corrected chi connectivity index (χ2v) is 7.57. The van der Waals surface area contributed by atoms with E-state index in [9.17, 15) is 14.7 Å². The van der Waals surface area contributed by atoms with Gasteiger partial charge in [0.1, 0.15) is 0 Å². The van der Waals surface area contributed by atoms with E-state index in [4.69, 9.17) is 9.47 Å². The Kier molecular flexibility index (Phi) is 3.88. The Morgan fingerprint density at radius 1 is 1.16 bits per heavy atom. The highest BCUT2D eigenvalue weighted by molar-refractivity contribution is 7.13. The zero-order valence-corrected chi connectivity index (χ0v) is 14.4. The van der Waals surface area contributed by atoms with Gasteiger partial charge in [0.25, 0.3) is 5.91 Å². The van der Waals surface area contributed by atoms with Crippen LogP contribution in [-0.4, -0.2) is 41.8 Å². The van der Waals surface area contributed by atoms with E-state index in [0.29, 0.717) is 22.9 Å². The number of likely N-dealkylation sites (tertiary alicyclic amines) is 1. The third-order valence-electron chi connectivity index (χ3n) is 4.70. The van der Waals surface area contributed by atoms with Crippen LogP contribution in [0.2, 0.25) is 0 Å². The maximum atomic E-state index is 12.7. The first-order chi connectivity index (χ1) is 12.0. The van der Waals surface area contributed by atoms with Crippen molar-refractivity contribution in [1.29, 1.82) is 0 Å². The fourth-order valence-electron chi connectivity index (χ4n) is 3.41. The molecule has 0 radical (unpaired) electrons. The van der Waals surface area contributed by atoms with E-state index in [1.54, 1.807) is 17.0 Å². The van der Waals surface area contributed by atoms with Gasteiger partial charge in [0.05, 0.1) is 10.8 Å². The molecule has 1 aromatic heterocycles. The van der Waals surface area contributed by atoms with Crippen molar-refractivity contribution in [3.8, 4) is 11.5 Å². The predicted molar refractivity (Wildman–Crippen MR) is 91.4 cm³/mol. The second-order valence-electron chi connectivity index (χ2n) is 6.28. The highest BCUT2D eigenvalue weighted by Crippen LogP contribution is 2.39. The van der Waals surface area contributed by atoms with Crippen LogP contribution in [0.25, 0.3) is 0 Å². The Morgan fingerprint density at radius 2 is 1.96 bits per heavy atom. The number of aryl methyl sites for hydroxylation is 1. The molecule has 1 saturated heterocycles. The average molecular weight is 359 g/mol. The molecule has 1 fully saturated rings. The summed E-state index contributed by atoms with van der Waals surface area (Å²) in [6.07, 6.45) is 0.